The smallest absolute Gasteiger partial charge is 0.416 e. The number of aromatic nitrogens is 1. The number of alkyl halides is 3. The fourth-order valence-corrected chi connectivity index (χ4v) is 4.69. The summed E-state index contributed by atoms with van der Waals surface area (Å²) in [6.07, 6.45) is -3.19. The molecular formula is C29H24ClF3N4O5S. The molecule has 0 atom stereocenters. The monoisotopic (exact) mass is 632 g/mol. The van der Waals surface area contributed by atoms with Crippen molar-refractivity contribution < 1.29 is 37.3 Å². The first-order valence-electron chi connectivity index (χ1n) is 12.6. The second kappa shape index (κ2) is 14.0. The number of nitrogens with one attached hydrogen (secondary N) is 2. The van der Waals surface area contributed by atoms with Gasteiger partial charge in [-0.3, -0.25) is 4.79 Å². The maximum atomic E-state index is 12.9. The number of amides is 1. The molecule has 43 heavy (non-hydrogen) atoms. The van der Waals surface area contributed by atoms with E-state index in [1.54, 1.807) is 36.6 Å². The van der Waals surface area contributed by atoms with Crippen molar-refractivity contribution in [1.29, 1.82) is 0 Å². The van der Waals surface area contributed by atoms with Crippen molar-refractivity contribution in [3.05, 3.63) is 99.0 Å². The standard InChI is InChI=1S/C29H24ClF3N4O5S/c1-2-41-24-11-18(10-23(30)26(24)42-15-17-6-8-19(9-7-17)27(39)40)14-34-37-25(38)13-22-16-43-28(36-22)35-21-5-3-4-20(12-21)29(31,32)33/h3-12,14,16H,2,13,15H2,1H3,(H,35,36)(H,37,38)(H,39,40)/b34-14-. The summed E-state index contributed by atoms with van der Waals surface area (Å²) in [6.45, 7) is 2.24. The van der Waals surface area contributed by atoms with Crippen LogP contribution in [0.25, 0.3) is 0 Å². The highest BCUT2D eigenvalue weighted by Gasteiger charge is 2.30. The van der Waals surface area contributed by atoms with E-state index in [2.05, 4.69) is 20.8 Å². The third-order valence-corrected chi connectivity index (χ3v) is 6.74. The van der Waals surface area contributed by atoms with E-state index >= 15 is 0 Å². The SMILES string of the molecule is CCOc1cc(/C=N\NC(=O)Cc2csc(Nc3cccc(C(F)(F)F)c3)n2)cc(Cl)c1OCc1ccc(C(=O)O)cc1. The van der Waals surface area contributed by atoms with E-state index in [1.807, 2.05) is 0 Å². The van der Waals surface area contributed by atoms with Gasteiger partial charge in [0.05, 0.1) is 41.1 Å². The van der Waals surface area contributed by atoms with Crippen LogP contribution in [0.2, 0.25) is 5.02 Å². The molecule has 0 spiro atoms. The quantitative estimate of drug-likeness (QED) is 0.114. The number of carbonyl (C=O) groups is 2. The van der Waals surface area contributed by atoms with Gasteiger partial charge < -0.3 is 19.9 Å². The lowest BCUT2D eigenvalue weighted by Gasteiger charge is -2.14. The fraction of sp³-hybridized carbons (Fsp3) is 0.172. The number of rotatable bonds is 12. The Kier molecular flexibility index (Phi) is 10.2. The molecule has 0 saturated carbocycles. The first kappa shape index (κ1) is 31.3. The summed E-state index contributed by atoms with van der Waals surface area (Å²) in [5, 5.41) is 18.0. The van der Waals surface area contributed by atoms with Crippen molar-refractivity contribution in [2.75, 3.05) is 11.9 Å². The zero-order chi connectivity index (χ0) is 31.0. The zero-order valence-electron chi connectivity index (χ0n) is 22.4. The summed E-state index contributed by atoms with van der Waals surface area (Å²) in [6, 6.07) is 14.2. The van der Waals surface area contributed by atoms with Gasteiger partial charge in [-0.15, -0.1) is 11.3 Å². The largest absolute Gasteiger partial charge is 0.490 e. The van der Waals surface area contributed by atoms with E-state index in [9.17, 15) is 22.8 Å². The van der Waals surface area contributed by atoms with Crippen molar-refractivity contribution in [3.63, 3.8) is 0 Å². The van der Waals surface area contributed by atoms with E-state index in [-0.39, 0.29) is 29.3 Å². The number of benzene rings is 3. The number of aromatic carboxylic acids is 1. The fourth-order valence-electron chi connectivity index (χ4n) is 3.69. The Morgan fingerprint density at radius 1 is 1.12 bits per heavy atom. The predicted molar refractivity (Wildman–Crippen MR) is 157 cm³/mol. The zero-order valence-corrected chi connectivity index (χ0v) is 24.0. The van der Waals surface area contributed by atoms with Crippen molar-refractivity contribution >= 4 is 51.8 Å². The average Bonchev–Trinajstić information content (AvgIpc) is 3.39. The Morgan fingerprint density at radius 3 is 2.58 bits per heavy atom. The number of carboxylic acid groups (broad SMARTS) is 1. The van der Waals surface area contributed by atoms with Gasteiger partial charge in [0.15, 0.2) is 16.6 Å². The van der Waals surface area contributed by atoms with Crippen LogP contribution in [-0.2, 0) is 24.0 Å². The van der Waals surface area contributed by atoms with E-state index in [0.717, 1.165) is 29.0 Å². The molecule has 3 N–H and O–H groups in total. The second-order valence-electron chi connectivity index (χ2n) is 8.87. The number of thiazole rings is 1. The van der Waals surface area contributed by atoms with E-state index in [4.69, 9.17) is 26.2 Å². The van der Waals surface area contributed by atoms with Crippen LogP contribution in [0.3, 0.4) is 0 Å². The third kappa shape index (κ3) is 8.93. The van der Waals surface area contributed by atoms with E-state index in [1.165, 1.54) is 30.5 Å². The molecule has 4 rings (SSSR count). The Labute approximate surface area is 252 Å². The Hall–Kier alpha value is -4.62. The highest BCUT2D eigenvalue weighted by Crippen LogP contribution is 2.37. The van der Waals surface area contributed by atoms with Gasteiger partial charge >= 0.3 is 12.1 Å². The minimum Gasteiger partial charge on any atom is -0.490 e. The summed E-state index contributed by atoms with van der Waals surface area (Å²) < 4.78 is 50.4. The van der Waals surface area contributed by atoms with Gasteiger partial charge in [-0.2, -0.15) is 18.3 Å². The number of ether oxygens (including phenoxy) is 2. The lowest BCUT2D eigenvalue weighted by Crippen LogP contribution is -2.20. The molecule has 0 saturated heterocycles. The van der Waals surface area contributed by atoms with Crippen LogP contribution in [0, 0.1) is 0 Å². The van der Waals surface area contributed by atoms with Crippen LogP contribution in [0.4, 0.5) is 24.0 Å². The van der Waals surface area contributed by atoms with Crippen molar-refractivity contribution in [2.45, 2.75) is 26.1 Å². The van der Waals surface area contributed by atoms with Gasteiger partial charge in [-0.1, -0.05) is 29.8 Å². The molecule has 0 aliphatic rings. The molecule has 3 aromatic carbocycles. The molecular weight excluding hydrogens is 609 g/mol. The number of carbonyl (C=O) groups excluding carboxylic acids is 1. The number of hydrogen-bond donors (Lipinski definition) is 3. The summed E-state index contributed by atoms with van der Waals surface area (Å²) in [4.78, 5) is 27.7. The van der Waals surface area contributed by atoms with Crippen LogP contribution in [0.5, 0.6) is 11.5 Å². The molecule has 9 nitrogen and oxygen atoms in total. The predicted octanol–water partition coefficient (Wildman–Crippen LogP) is 6.93. The first-order valence-corrected chi connectivity index (χ1v) is 13.9. The summed E-state index contributed by atoms with van der Waals surface area (Å²) >= 11 is 7.59. The Balaban J connectivity index is 1.34. The molecule has 224 valence electrons. The number of nitrogens with zero attached hydrogens (tertiary/aromatic N) is 2. The number of anilines is 2. The average molecular weight is 633 g/mol. The summed E-state index contributed by atoms with van der Waals surface area (Å²) in [5.74, 6) is -0.833. The molecule has 0 radical (unpaired) electrons. The number of carboxylic acids is 1. The van der Waals surface area contributed by atoms with Crippen LogP contribution in [0.15, 0.2) is 71.1 Å². The van der Waals surface area contributed by atoms with Gasteiger partial charge in [0.1, 0.15) is 6.61 Å². The number of hydrazone groups is 1. The maximum Gasteiger partial charge on any atom is 0.416 e. The highest BCUT2D eigenvalue weighted by atomic mass is 35.5. The van der Waals surface area contributed by atoms with Crippen LogP contribution in [-0.4, -0.2) is 34.8 Å². The Bertz CT molecular complexity index is 1630. The lowest BCUT2D eigenvalue weighted by atomic mass is 10.1. The lowest BCUT2D eigenvalue weighted by molar-refractivity contribution is -0.137. The van der Waals surface area contributed by atoms with Gasteiger partial charge in [0.2, 0.25) is 5.91 Å². The number of halogens is 4. The molecule has 14 heteroatoms. The summed E-state index contributed by atoms with van der Waals surface area (Å²) in [7, 11) is 0. The molecule has 0 unspecified atom stereocenters. The minimum absolute atomic E-state index is 0.108. The van der Waals surface area contributed by atoms with Gasteiger partial charge in [0, 0.05) is 11.1 Å². The molecule has 1 aromatic heterocycles. The minimum atomic E-state index is -4.46. The van der Waals surface area contributed by atoms with Gasteiger partial charge in [-0.05, 0) is 60.5 Å². The maximum absolute atomic E-state index is 12.9. The van der Waals surface area contributed by atoms with Crippen molar-refractivity contribution in [2.24, 2.45) is 5.10 Å². The van der Waals surface area contributed by atoms with Crippen molar-refractivity contribution in [1.82, 2.24) is 10.4 Å². The number of hydrogen-bond acceptors (Lipinski definition) is 8. The van der Waals surface area contributed by atoms with Crippen molar-refractivity contribution in [3.8, 4) is 11.5 Å². The first-order chi connectivity index (χ1) is 20.5. The van der Waals surface area contributed by atoms with Gasteiger partial charge in [0.25, 0.3) is 0 Å². The molecule has 4 aromatic rings. The highest BCUT2D eigenvalue weighted by molar-refractivity contribution is 7.13. The van der Waals surface area contributed by atoms with Gasteiger partial charge in [-0.25, -0.2) is 15.2 Å². The second-order valence-corrected chi connectivity index (χ2v) is 10.1. The Morgan fingerprint density at radius 2 is 1.88 bits per heavy atom. The summed E-state index contributed by atoms with van der Waals surface area (Å²) in [5.41, 5.74) is 3.66. The molecule has 0 bridgehead atoms. The van der Waals surface area contributed by atoms with Crippen LogP contribution >= 0.6 is 22.9 Å². The molecule has 0 fully saturated rings. The van der Waals surface area contributed by atoms with Crippen LogP contribution < -0.4 is 20.2 Å². The molecule has 1 heterocycles. The topological polar surface area (TPSA) is 122 Å². The van der Waals surface area contributed by atoms with Crippen LogP contribution in [0.1, 0.15) is 39.7 Å². The molecule has 0 aliphatic carbocycles. The van der Waals surface area contributed by atoms with E-state index in [0.29, 0.717) is 34.5 Å². The normalized spacial score (nSPS) is 11.4. The van der Waals surface area contributed by atoms with E-state index < -0.39 is 23.6 Å². The molecule has 0 aliphatic heterocycles. The molecule has 1 amide bonds. The third-order valence-electron chi connectivity index (χ3n) is 5.65.